The van der Waals surface area contributed by atoms with Crippen molar-refractivity contribution in [1.29, 1.82) is 0 Å². The van der Waals surface area contributed by atoms with E-state index in [-0.39, 0.29) is 21.2 Å². The Hall–Kier alpha value is -2.45. The Kier molecular flexibility index (Phi) is 6.70. The van der Waals surface area contributed by atoms with Crippen LogP contribution in [0.25, 0.3) is 0 Å². The van der Waals surface area contributed by atoms with Crippen LogP contribution in [0.3, 0.4) is 0 Å². The van der Waals surface area contributed by atoms with Crippen LogP contribution in [0.5, 0.6) is 5.75 Å². The fourth-order valence-electron chi connectivity index (χ4n) is 2.26. The van der Waals surface area contributed by atoms with Crippen molar-refractivity contribution in [3.63, 3.8) is 0 Å². The third-order valence-corrected chi connectivity index (χ3v) is 4.34. The second-order valence-electron chi connectivity index (χ2n) is 6.95. The number of ether oxygens (including phenoxy) is 1. The number of carbonyl (C=O) groups excluding carboxylic acids is 2. The first-order chi connectivity index (χ1) is 13.3. The first kappa shape index (κ1) is 22.8. The van der Waals surface area contributed by atoms with E-state index in [0.717, 1.165) is 29.3 Å². The Morgan fingerprint density at radius 2 is 1.48 bits per heavy atom. The quantitative estimate of drug-likeness (QED) is 0.632. The molecule has 2 aromatic carbocycles. The van der Waals surface area contributed by atoms with Crippen molar-refractivity contribution in [2.75, 3.05) is 0 Å². The van der Waals surface area contributed by atoms with Crippen molar-refractivity contribution in [1.82, 2.24) is 10.4 Å². The standard InChI is InChI=1S/C19H17Cl2F3N2O3/c1-18(2,3)26(17(28)12-6-9-14(20)15(21)10-12)25-16(27)11-4-7-13(8-5-11)29-19(22,23)24/h4-10H,1-3H3,(H,25,27). The van der Waals surface area contributed by atoms with E-state index in [1.54, 1.807) is 20.8 Å². The molecule has 10 heteroatoms. The summed E-state index contributed by atoms with van der Waals surface area (Å²) < 4.78 is 40.5. The highest BCUT2D eigenvalue weighted by Gasteiger charge is 2.32. The van der Waals surface area contributed by atoms with Gasteiger partial charge in [0, 0.05) is 11.1 Å². The topological polar surface area (TPSA) is 58.6 Å². The molecule has 156 valence electrons. The maximum Gasteiger partial charge on any atom is 0.573 e. The lowest BCUT2D eigenvalue weighted by Gasteiger charge is -2.35. The number of amides is 2. The predicted molar refractivity (Wildman–Crippen MR) is 103 cm³/mol. The molecule has 0 radical (unpaired) electrons. The molecule has 2 rings (SSSR count). The number of nitrogens with one attached hydrogen (secondary N) is 1. The summed E-state index contributed by atoms with van der Waals surface area (Å²) in [4.78, 5) is 25.4. The molecule has 2 aromatic rings. The lowest BCUT2D eigenvalue weighted by Crippen LogP contribution is -2.55. The van der Waals surface area contributed by atoms with Gasteiger partial charge in [0.05, 0.1) is 15.6 Å². The van der Waals surface area contributed by atoms with Crippen LogP contribution in [-0.4, -0.2) is 28.7 Å². The molecule has 0 bridgehead atoms. The highest BCUT2D eigenvalue weighted by molar-refractivity contribution is 6.42. The summed E-state index contributed by atoms with van der Waals surface area (Å²) in [5.74, 6) is -1.69. The molecule has 29 heavy (non-hydrogen) atoms. The zero-order valence-corrected chi connectivity index (χ0v) is 17.1. The van der Waals surface area contributed by atoms with Gasteiger partial charge in [0.2, 0.25) is 0 Å². The number of rotatable bonds is 3. The fourth-order valence-corrected chi connectivity index (χ4v) is 2.55. The molecule has 0 saturated heterocycles. The summed E-state index contributed by atoms with van der Waals surface area (Å²) in [6, 6.07) is 8.61. The first-order valence-corrected chi connectivity index (χ1v) is 9.00. The number of hydrazine groups is 1. The Balaban J connectivity index is 2.22. The number of carbonyl (C=O) groups is 2. The molecule has 2 amide bonds. The van der Waals surface area contributed by atoms with Gasteiger partial charge in [-0.3, -0.25) is 15.0 Å². The van der Waals surface area contributed by atoms with E-state index in [1.807, 2.05) is 0 Å². The zero-order valence-electron chi connectivity index (χ0n) is 15.6. The lowest BCUT2D eigenvalue weighted by molar-refractivity contribution is -0.274. The minimum Gasteiger partial charge on any atom is -0.406 e. The van der Waals surface area contributed by atoms with Crippen LogP contribution in [-0.2, 0) is 0 Å². The monoisotopic (exact) mass is 448 g/mol. The van der Waals surface area contributed by atoms with Crippen molar-refractivity contribution in [3.05, 3.63) is 63.6 Å². The molecule has 0 unspecified atom stereocenters. The summed E-state index contributed by atoms with van der Waals surface area (Å²) in [6.45, 7) is 5.09. The van der Waals surface area contributed by atoms with Crippen LogP contribution in [0, 0.1) is 0 Å². The largest absolute Gasteiger partial charge is 0.573 e. The average Bonchev–Trinajstić information content (AvgIpc) is 2.59. The molecule has 0 fully saturated rings. The Bertz CT molecular complexity index is 910. The molecular weight excluding hydrogens is 432 g/mol. The van der Waals surface area contributed by atoms with E-state index < -0.39 is 29.5 Å². The van der Waals surface area contributed by atoms with Crippen LogP contribution in [0.4, 0.5) is 13.2 Å². The lowest BCUT2D eigenvalue weighted by atomic mass is 10.1. The van der Waals surface area contributed by atoms with E-state index in [1.165, 1.54) is 18.2 Å². The summed E-state index contributed by atoms with van der Waals surface area (Å²) in [6.07, 6.45) is -4.83. The molecule has 0 aromatic heterocycles. The Labute approximate surface area is 175 Å². The van der Waals surface area contributed by atoms with Gasteiger partial charge in [-0.2, -0.15) is 0 Å². The zero-order chi connectivity index (χ0) is 22.0. The number of nitrogens with zero attached hydrogens (tertiary/aromatic N) is 1. The maximum atomic E-state index is 12.9. The number of alkyl halides is 3. The second-order valence-corrected chi connectivity index (χ2v) is 7.77. The SMILES string of the molecule is CC(C)(C)N(NC(=O)c1ccc(OC(F)(F)F)cc1)C(=O)c1ccc(Cl)c(Cl)c1. The molecule has 1 N–H and O–H groups in total. The van der Waals surface area contributed by atoms with E-state index in [4.69, 9.17) is 23.2 Å². The maximum absolute atomic E-state index is 12.9. The summed E-state index contributed by atoms with van der Waals surface area (Å²) in [5, 5.41) is 1.56. The van der Waals surface area contributed by atoms with Crippen LogP contribution in [0.2, 0.25) is 10.0 Å². The van der Waals surface area contributed by atoms with Gasteiger partial charge in [-0.05, 0) is 63.2 Å². The highest BCUT2D eigenvalue weighted by atomic mass is 35.5. The average molecular weight is 449 g/mol. The smallest absolute Gasteiger partial charge is 0.406 e. The van der Waals surface area contributed by atoms with Crippen molar-refractivity contribution in [2.24, 2.45) is 0 Å². The van der Waals surface area contributed by atoms with Crippen LogP contribution in [0.1, 0.15) is 41.5 Å². The molecule has 0 aliphatic carbocycles. The van der Waals surface area contributed by atoms with Gasteiger partial charge in [-0.25, -0.2) is 5.01 Å². The van der Waals surface area contributed by atoms with E-state index >= 15 is 0 Å². The number of hydrogen-bond donors (Lipinski definition) is 1. The number of halogens is 5. The van der Waals surface area contributed by atoms with Crippen molar-refractivity contribution in [2.45, 2.75) is 32.7 Å². The van der Waals surface area contributed by atoms with E-state index in [0.29, 0.717) is 0 Å². The molecule has 0 atom stereocenters. The van der Waals surface area contributed by atoms with Crippen LogP contribution >= 0.6 is 23.2 Å². The van der Waals surface area contributed by atoms with Gasteiger partial charge in [0.25, 0.3) is 11.8 Å². The number of benzene rings is 2. The number of hydrogen-bond acceptors (Lipinski definition) is 3. The molecule has 0 aliphatic heterocycles. The second kappa shape index (κ2) is 8.51. The van der Waals surface area contributed by atoms with Gasteiger partial charge < -0.3 is 4.74 Å². The van der Waals surface area contributed by atoms with Crippen molar-refractivity contribution in [3.8, 4) is 5.75 Å². The summed E-state index contributed by atoms with van der Waals surface area (Å²) >= 11 is 11.8. The fraction of sp³-hybridized carbons (Fsp3) is 0.263. The third kappa shape index (κ3) is 6.27. The minimum atomic E-state index is -4.83. The third-order valence-electron chi connectivity index (χ3n) is 3.60. The predicted octanol–water partition coefficient (Wildman–Crippen LogP) is 5.48. The molecule has 0 heterocycles. The Morgan fingerprint density at radius 1 is 0.931 bits per heavy atom. The summed E-state index contributed by atoms with van der Waals surface area (Å²) in [5.41, 5.74) is 1.89. The molecule has 0 spiro atoms. The molecule has 0 aliphatic rings. The molecule has 0 saturated carbocycles. The van der Waals surface area contributed by atoms with Gasteiger partial charge in [0.15, 0.2) is 0 Å². The van der Waals surface area contributed by atoms with Gasteiger partial charge in [-0.1, -0.05) is 23.2 Å². The first-order valence-electron chi connectivity index (χ1n) is 8.24. The van der Waals surface area contributed by atoms with E-state index in [9.17, 15) is 22.8 Å². The van der Waals surface area contributed by atoms with Gasteiger partial charge >= 0.3 is 6.36 Å². The highest BCUT2D eigenvalue weighted by Crippen LogP contribution is 2.25. The Morgan fingerprint density at radius 3 is 1.97 bits per heavy atom. The normalized spacial score (nSPS) is 11.7. The van der Waals surface area contributed by atoms with Gasteiger partial charge in [-0.15, -0.1) is 13.2 Å². The van der Waals surface area contributed by atoms with E-state index in [2.05, 4.69) is 10.2 Å². The van der Waals surface area contributed by atoms with Gasteiger partial charge in [0.1, 0.15) is 5.75 Å². The summed E-state index contributed by atoms with van der Waals surface area (Å²) in [7, 11) is 0. The molecular formula is C19H17Cl2F3N2O3. The molecule has 5 nitrogen and oxygen atoms in total. The van der Waals surface area contributed by atoms with Crippen molar-refractivity contribution >= 4 is 35.0 Å². The minimum absolute atomic E-state index is 0.0377. The van der Waals surface area contributed by atoms with Crippen LogP contribution in [0.15, 0.2) is 42.5 Å². The van der Waals surface area contributed by atoms with Crippen molar-refractivity contribution < 1.29 is 27.5 Å². The van der Waals surface area contributed by atoms with Crippen LogP contribution < -0.4 is 10.2 Å².